The highest BCUT2D eigenvalue weighted by Crippen LogP contribution is 2.25. The van der Waals surface area contributed by atoms with Gasteiger partial charge >= 0.3 is 5.69 Å². The number of rotatable bonds is 5. The fraction of sp³-hybridized carbons (Fsp3) is 0.300. The number of hydrogen-bond donors (Lipinski definition) is 2. The zero-order valence-corrected chi connectivity index (χ0v) is 11.4. The molecule has 0 radical (unpaired) electrons. The minimum absolute atomic E-state index is 0.202. The van der Waals surface area contributed by atoms with E-state index in [1.807, 2.05) is 4.72 Å². The third-order valence-electron chi connectivity index (χ3n) is 2.47. The Morgan fingerprint density at radius 1 is 1.50 bits per heavy atom. The first-order valence-electron chi connectivity index (χ1n) is 5.32. The van der Waals surface area contributed by atoms with Crippen LogP contribution in [-0.4, -0.2) is 25.3 Å². The SMILES string of the molecule is Cc1cc(S(=O)(=O)NC(C)C(N)=O)cc([N+](=O)[O-])c1F. The molecule has 0 saturated heterocycles. The Balaban J connectivity index is 3.33. The molecule has 110 valence electrons. The van der Waals surface area contributed by atoms with Crippen LogP contribution in [0.15, 0.2) is 17.0 Å². The second kappa shape index (κ2) is 5.51. The van der Waals surface area contributed by atoms with Gasteiger partial charge < -0.3 is 5.73 Å². The van der Waals surface area contributed by atoms with E-state index in [0.29, 0.717) is 6.07 Å². The largest absolute Gasteiger partial charge is 0.368 e. The zero-order chi connectivity index (χ0) is 15.7. The molecule has 0 aromatic heterocycles. The van der Waals surface area contributed by atoms with Crippen molar-refractivity contribution in [3.05, 3.63) is 33.6 Å². The molecular formula is C10H12FN3O5S. The van der Waals surface area contributed by atoms with Gasteiger partial charge in [-0.25, -0.2) is 8.42 Å². The lowest BCUT2D eigenvalue weighted by Gasteiger charge is -2.11. The molecule has 8 nitrogen and oxygen atoms in total. The average Bonchev–Trinajstić information content (AvgIpc) is 2.31. The van der Waals surface area contributed by atoms with Crippen LogP contribution in [0.25, 0.3) is 0 Å². The van der Waals surface area contributed by atoms with Crippen molar-refractivity contribution in [2.24, 2.45) is 5.73 Å². The van der Waals surface area contributed by atoms with Crippen molar-refractivity contribution in [2.45, 2.75) is 24.8 Å². The molecular weight excluding hydrogens is 293 g/mol. The molecule has 0 bridgehead atoms. The van der Waals surface area contributed by atoms with Crippen LogP contribution in [0, 0.1) is 22.9 Å². The number of aryl methyl sites for hydroxylation is 1. The topological polar surface area (TPSA) is 132 Å². The van der Waals surface area contributed by atoms with Gasteiger partial charge in [0.1, 0.15) is 0 Å². The molecule has 0 aliphatic rings. The van der Waals surface area contributed by atoms with Gasteiger partial charge in [-0.3, -0.25) is 14.9 Å². The number of benzene rings is 1. The molecule has 1 aromatic rings. The molecule has 1 unspecified atom stereocenters. The number of nitrogens with zero attached hydrogens (tertiary/aromatic N) is 1. The van der Waals surface area contributed by atoms with E-state index < -0.39 is 43.3 Å². The quantitative estimate of drug-likeness (QED) is 0.592. The summed E-state index contributed by atoms with van der Waals surface area (Å²) in [7, 11) is -4.22. The van der Waals surface area contributed by atoms with Gasteiger partial charge in [0, 0.05) is 6.07 Å². The molecule has 1 rings (SSSR count). The van der Waals surface area contributed by atoms with Crippen molar-refractivity contribution < 1.29 is 22.5 Å². The van der Waals surface area contributed by atoms with E-state index in [1.54, 1.807) is 0 Å². The third-order valence-corrected chi connectivity index (χ3v) is 3.99. The molecule has 0 spiro atoms. The van der Waals surface area contributed by atoms with Gasteiger partial charge in [-0.2, -0.15) is 9.11 Å². The monoisotopic (exact) mass is 305 g/mol. The summed E-state index contributed by atoms with van der Waals surface area (Å²) in [6.07, 6.45) is 0. The predicted octanol–water partition coefficient (Wildman–Crippen LogP) is 0.194. The van der Waals surface area contributed by atoms with Crippen molar-refractivity contribution in [3.63, 3.8) is 0 Å². The maximum Gasteiger partial charge on any atom is 0.306 e. The van der Waals surface area contributed by atoms with Crippen molar-refractivity contribution in [3.8, 4) is 0 Å². The third kappa shape index (κ3) is 3.27. The van der Waals surface area contributed by atoms with Gasteiger partial charge in [0.05, 0.1) is 15.9 Å². The van der Waals surface area contributed by atoms with Gasteiger partial charge in [-0.05, 0) is 25.5 Å². The summed E-state index contributed by atoms with van der Waals surface area (Å²) in [5.41, 5.74) is 3.76. The molecule has 10 heteroatoms. The lowest BCUT2D eigenvalue weighted by atomic mass is 10.2. The standard InChI is InChI=1S/C10H12FN3O5S/c1-5-3-7(4-8(9(5)11)14(16)17)20(18,19)13-6(2)10(12)15/h3-4,6,13H,1-2H3,(H2,12,15). The van der Waals surface area contributed by atoms with E-state index in [-0.39, 0.29) is 5.56 Å². The number of halogens is 1. The predicted molar refractivity (Wildman–Crippen MR) is 66.8 cm³/mol. The van der Waals surface area contributed by atoms with Gasteiger partial charge in [-0.15, -0.1) is 0 Å². The summed E-state index contributed by atoms with van der Waals surface area (Å²) < 4.78 is 39.3. The lowest BCUT2D eigenvalue weighted by Crippen LogP contribution is -2.42. The molecule has 1 atom stereocenters. The van der Waals surface area contributed by atoms with Gasteiger partial charge in [-0.1, -0.05) is 0 Å². The second-order valence-corrected chi connectivity index (χ2v) is 5.79. The van der Waals surface area contributed by atoms with E-state index in [2.05, 4.69) is 0 Å². The number of primary amides is 1. The molecule has 1 aromatic carbocycles. The first kappa shape index (κ1) is 16.0. The number of hydrogen-bond acceptors (Lipinski definition) is 5. The number of nitro groups is 1. The highest BCUT2D eigenvalue weighted by Gasteiger charge is 2.26. The summed E-state index contributed by atoms with van der Waals surface area (Å²) >= 11 is 0. The minimum Gasteiger partial charge on any atom is -0.368 e. The average molecular weight is 305 g/mol. The molecule has 0 aliphatic carbocycles. The Morgan fingerprint density at radius 2 is 2.05 bits per heavy atom. The smallest absolute Gasteiger partial charge is 0.306 e. The fourth-order valence-corrected chi connectivity index (χ4v) is 2.68. The molecule has 0 fully saturated rings. The van der Waals surface area contributed by atoms with Crippen LogP contribution < -0.4 is 10.5 Å². The Morgan fingerprint density at radius 3 is 2.50 bits per heavy atom. The van der Waals surface area contributed by atoms with Crippen LogP contribution in [0.2, 0.25) is 0 Å². The zero-order valence-electron chi connectivity index (χ0n) is 10.6. The summed E-state index contributed by atoms with van der Waals surface area (Å²) in [6, 6.07) is 0.306. The van der Waals surface area contributed by atoms with Gasteiger partial charge in [0.2, 0.25) is 21.7 Å². The Labute approximate surface area is 114 Å². The molecule has 0 heterocycles. The van der Waals surface area contributed by atoms with E-state index in [9.17, 15) is 27.7 Å². The first-order valence-corrected chi connectivity index (χ1v) is 6.80. The van der Waals surface area contributed by atoms with Crippen LogP contribution in [0.1, 0.15) is 12.5 Å². The van der Waals surface area contributed by atoms with Crippen molar-refractivity contribution >= 4 is 21.6 Å². The number of nitrogens with two attached hydrogens (primary N) is 1. The summed E-state index contributed by atoms with van der Waals surface area (Å²) in [5, 5.41) is 10.7. The maximum absolute atomic E-state index is 13.5. The van der Waals surface area contributed by atoms with Crippen molar-refractivity contribution in [1.29, 1.82) is 0 Å². The van der Waals surface area contributed by atoms with Crippen LogP contribution in [-0.2, 0) is 14.8 Å². The summed E-state index contributed by atoms with van der Waals surface area (Å²) in [5.74, 6) is -2.03. The number of nitrogens with one attached hydrogen (secondary N) is 1. The molecule has 0 aliphatic heterocycles. The van der Waals surface area contributed by atoms with Gasteiger partial charge in [0.25, 0.3) is 0 Å². The van der Waals surface area contributed by atoms with E-state index >= 15 is 0 Å². The number of carbonyl (C=O) groups excluding carboxylic acids is 1. The second-order valence-electron chi connectivity index (χ2n) is 4.08. The molecule has 3 N–H and O–H groups in total. The Kier molecular flexibility index (Phi) is 4.40. The number of carbonyl (C=O) groups is 1. The normalized spacial score (nSPS) is 12.9. The fourth-order valence-electron chi connectivity index (χ4n) is 1.37. The highest BCUT2D eigenvalue weighted by atomic mass is 32.2. The van der Waals surface area contributed by atoms with Crippen molar-refractivity contribution in [2.75, 3.05) is 0 Å². The summed E-state index contributed by atoms with van der Waals surface area (Å²) in [6.45, 7) is 2.41. The molecule has 0 saturated carbocycles. The minimum atomic E-state index is -4.22. The summed E-state index contributed by atoms with van der Waals surface area (Å²) in [4.78, 5) is 19.9. The van der Waals surface area contributed by atoms with Crippen LogP contribution in [0.4, 0.5) is 10.1 Å². The maximum atomic E-state index is 13.5. The number of amides is 1. The molecule has 20 heavy (non-hydrogen) atoms. The van der Waals surface area contributed by atoms with E-state index in [0.717, 1.165) is 6.07 Å². The first-order chi connectivity index (χ1) is 9.06. The van der Waals surface area contributed by atoms with Crippen LogP contribution >= 0.6 is 0 Å². The van der Waals surface area contributed by atoms with Crippen molar-refractivity contribution in [1.82, 2.24) is 4.72 Å². The van der Waals surface area contributed by atoms with E-state index in [4.69, 9.17) is 5.73 Å². The number of sulfonamides is 1. The molecule has 1 amide bonds. The Bertz CT molecular complexity index is 674. The lowest BCUT2D eigenvalue weighted by molar-refractivity contribution is -0.387. The van der Waals surface area contributed by atoms with Crippen LogP contribution in [0.3, 0.4) is 0 Å². The van der Waals surface area contributed by atoms with E-state index in [1.165, 1.54) is 13.8 Å². The van der Waals surface area contributed by atoms with Crippen LogP contribution in [0.5, 0.6) is 0 Å². The number of nitro benzene ring substituents is 1. The van der Waals surface area contributed by atoms with Gasteiger partial charge in [0.15, 0.2) is 0 Å². The highest BCUT2D eigenvalue weighted by molar-refractivity contribution is 7.89. The Hall–Kier alpha value is -2.07.